The standard InChI is InChI=1S/C27H40O8/c1-8-9-22(30)34-20-11-13-26(5)12-10-18(15(2)25(31)32-7)24(35-26)23-16(3)19(29)14-21(27(20,23)6)33-17(4)28/h10,12,15-16,19-21,23,29H,8-9,11,13-14H2,1-7H3/t15-,16-,19-,20+,21+,23-,26+,27+/m1/s1. The first kappa shape index (κ1) is 27.2. The zero-order valence-corrected chi connectivity index (χ0v) is 22.0. The minimum Gasteiger partial charge on any atom is -0.487 e. The number of methoxy groups -OCH3 is 1. The van der Waals surface area contributed by atoms with E-state index in [2.05, 4.69) is 0 Å². The maximum absolute atomic E-state index is 12.7. The Bertz CT molecular complexity index is 907. The van der Waals surface area contributed by atoms with Crippen molar-refractivity contribution in [3.63, 3.8) is 0 Å². The Balaban J connectivity index is 2.25. The van der Waals surface area contributed by atoms with Crippen LogP contribution in [0.4, 0.5) is 0 Å². The molecule has 0 radical (unpaired) electrons. The van der Waals surface area contributed by atoms with Gasteiger partial charge in [0.05, 0.1) is 24.5 Å². The van der Waals surface area contributed by atoms with E-state index in [0.29, 0.717) is 30.6 Å². The van der Waals surface area contributed by atoms with Gasteiger partial charge in [0.2, 0.25) is 0 Å². The van der Waals surface area contributed by atoms with E-state index in [0.717, 1.165) is 0 Å². The molecule has 3 aliphatic rings. The van der Waals surface area contributed by atoms with Gasteiger partial charge in [0, 0.05) is 31.3 Å². The Morgan fingerprint density at radius 1 is 1.23 bits per heavy atom. The molecule has 196 valence electrons. The van der Waals surface area contributed by atoms with E-state index in [4.69, 9.17) is 18.9 Å². The van der Waals surface area contributed by atoms with Gasteiger partial charge in [-0.2, -0.15) is 0 Å². The highest BCUT2D eigenvalue weighted by Gasteiger charge is 2.61. The lowest BCUT2D eigenvalue weighted by Gasteiger charge is -2.57. The Hall–Kier alpha value is -2.35. The summed E-state index contributed by atoms with van der Waals surface area (Å²) in [5, 5.41) is 11.1. The van der Waals surface area contributed by atoms with E-state index in [1.807, 2.05) is 39.8 Å². The molecule has 1 N–H and O–H groups in total. The minimum absolute atomic E-state index is 0.220. The summed E-state index contributed by atoms with van der Waals surface area (Å²) in [6.45, 7) is 10.9. The molecule has 8 nitrogen and oxygen atoms in total. The maximum atomic E-state index is 12.7. The second-order valence-corrected chi connectivity index (χ2v) is 10.7. The van der Waals surface area contributed by atoms with Crippen LogP contribution in [-0.2, 0) is 33.3 Å². The molecule has 3 rings (SSSR count). The van der Waals surface area contributed by atoms with Gasteiger partial charge in [0.15, 0.2) is 0 Å². The van der Waals surface area contributed by atoms with Gasteiger partial charge in [0.25, 0.3) is 0 Å². The summed E-state index contributed by atoms with van der Waals surface area (Å²) in [5.74, 6) is -2.02. The summed E-state index contributed by atoms with van der Waals surface area (Å²) in [6.07, 6.45) is 4.00. The molecule has 35 heavy (non-hydrogen) atoms. The van der Waals surface area contributed by atoms with E-state index in [-0.39, 0.29) is 24.7 Å². The molecule has 2 aliphatic heterocycles. The first-order valence-electron chi connectivity index (χ1n) is 12.6. The van der Waals surface area contributed by atoms with Gasteiger partial charge in [-0.1, -0.05) is 26.8 Å². The molecule has 2 bridgehead atoms. The summed E-state index contributed by atoms with van der Waals surface area (Å²) in [4.78, 5) is 37.4. The molecule has 0 aromatic heterocycles. The first-order chi connectivity index (χ1) is 16.4. The van der Waals surface area contributed by atoms with Crippen LogP contribution in [0.15, 0.2) is 23.5 Å². The van der Waals surface area contributed by atoms with Crippen LogP contribution in [-0.4, -0.2) is 54.0 Å². The van der Waals surface area contributed by atoms with Crippen molar-refractivity contribution < 1.29 is 38.4 Å². The van der Waals surface area contributed by atoms with Gasteiger partial charge >= 0.3 is 17.9 Å². The molecule has 0 amide bonds. The molecule has 1 aliphatic carbocycles. The molecule has 0 spiro atoms. The number of aliphatic hydroxyl groups excluding tert-OH is 1. The number of hydrogen-bond donors (Lipinski definition) is 1. The molecule has 0 unspecified atom stereocenters. The molecular formula is C27H40O8. The predicted molar refractivity (Wildman–Crippen MR) is 128 cm³/mol. The van der Waals surface area contributed by atoms with E-state index in [9.17, 15) is 19.5 Å². The summed E-state index contributed by atoms with van der Waals surface area (Å²) in [7, 11) is 1.34. The Morgan fingerprint density at radius 3 is 2.51 bits per heavy atom. The zero-order valence-electron chi connectivity index (χ0n) is 22.0. The fraction of sp³-hybridized carbons (Fsp3) is 0.741. The van der Waals surface area contributed by atoms with Crippen LogP contribution in [0.3, 0.4) is 0 Å². The number of allylic oxidation sites excluding steroid dienone is 2. The Labute approximate surface area is 208 Å². The van der Waals surface area contributed by atoms with Gasteiger partial charge in [-0.3, -0.25) is 14.4 Å². The van der Waals surface area contributed by atoms with E-state index in [1.165, 1.54) is 14.0 Å². The fourth-order valence-corrected chi connectivity index (χ4v) is 6.05. The number of fused-ring (bicyclic) bond motifs is 4. The molecular weight excluding hydrogens is 452 g/mol. The molecule has 8 atom stereocenters. The quantitative estimate of drug-likeness (QED) is 0.440. The van der Waals surface area contributed by atoms with Gasteiger partial charge in [0.1, 0.15) is 23.6 Å². The lowest BCUT2D eigenvalue weighted by molar-refractivity contribution is -0.214. The number of carbonyl (C=O) groups excluding carboxylic acids is 3. The largest absolute Gasteiger partial charge is 0.487 e. The van der Waals surface area contributed by atoms with Gasteiger partial charge in [-0.15, -0.1) is 0 Å². The second-order valence-electron chi connectivity index (χ2n) is 10.7. The van der Waals surface area contributed by atoms with Gasteiger partial charge in [-0.25, -0.2) is 0 Å². The summed E-state index contributed by atoms with van der Waals surface area (Å²) in [5.41, 5.74) is -0.908. The van der Waals surface area contributed by atoms with Crippen molar-refractivity contribution in [2.75, 3.05) is 7.11 Å². The van der Waals surface area contributed by atoms with Gasteiger partial charge < -0.3 is 24.1 Å². The van der Waals surface area contributed by atoms with Crippen molar-refractivity contribution in [1.29, 1.82) is 0 Å². The van der Waals surface area contributed by atoms with Crippen molar-refractivity contribution >= 4 is 17.9 Å². The highest BCUT2D eigenvalue weighted by molar-refractivity contribution is 5.76. The first-order valence-corrected chi connectivity index (χ1v) is 12.6. The van der Waals surface area contributed by atoms with Crippen molar-refractivity contribution in [2.24, 2.45) is 23.2 Å². The van der Waals surface area contributed by atoms with Crippen LogP contribution in [0, 0.1) is 23.2 Å². The van der Waals surface area contributed by atoms with Crippen molar-refractivity contribution in [3.8, 4) is 0 Å². The highest BCUT2D eigenvalue weighted by Crippen LogP contribution is 2.57. The number of hydrogen-bond acceptors (Lipinski definition) is 8. The number of ether oxygens (including phenoxy) is 4. The molecule has 2 fully saturated rings. The van der Waals surface area contributed by atoms with Crippen LogP contribution >= 0.6 is 0 Å². The van der Waals surface area contributed by atoms with Crippen LogP contribution < -0.4 is 0 Å². The normalized spacial score (nSPS) is 37.2. The number of aliphatic hydroxyl groups is 1. The number of esters is 3. The maximum Gasteiger partial charge on any atom is 0.312 e. The third kappa shape index (κ3) is 5.13. The Kier molecular flexibility index (Phi) is 8.04. The molecule has 0 aromatic rings. The molecule has 8 heteroatoms. The lowest BCUT2D eigenvalue weighted by Crippen LogP contribution is -2.61. The minimum atomic E-state index is -0.892. The fourth-order valence-electron chi connectivity index (χ4n) is 6.05. The Morgan fingerprint density at radius 2 is 1.91 bits per heavy atom. The van der Waals surface area contributed by atoms with Gasteiger partial charge in [-0.05, 0) is 45.1 Å². The molecule has 0 aromatic carbocycles. The van der Waals surface area contributed by atoms with Crippen LogP contribution in [0.1, 0.15) is 73.6 Å². The summed E-state index contributed by atoms with van der Waals surface area (Å²) < 4.78 is 23.6. The second kappa shape index (κ2) is 10.3. The van der Waals surface area contributed by atoms with Crippen LogP contribution in [0.2, 0.25) is 0 Å². The van der Waals surface area contributed by atoms with Crippen LogP contribution in [0.5, 0.6) is 0 Å². The van der Waals surface area contributed by atoms with Crippen LogP contribution in [0.25, 0.3) is 0 Å². The monoisotopic (exact) mass is 492 g/mol. The highest BCUT2D eigenvalue weighted by atomic mass is 16.6. The zero-order chi connectivity index (χ0) is 26.1. The van der Waals surface area contributed by atoms with E-state index < -0.39 is 53.1 Å². The number of rotatable bonds is 6. The SMILES string of the molecule is CCCC(=O)O[C@H]1CC[C@]2(C)C=CC([C@@H](C)C(=O)OC)=C(O2)[C@H]2[C@H](C)[C@H](O)C[C@H](OC(C)=O)[C@]12C. The third-order valence-electron chi connectivity index (χ3n) is 8.13. The average molecular weight is 493 g/mol. The van der Waals surface area contributed by atoms with Crippen molar-refractivity contribution in [3.05, 3.63) is 23.5 Å². The predicted octanol–water partition coefficient (Wildman–Crippen LogP) is 3.86. The summed E-state index contributed by atoms with van der Waals surface area (Å²) in [6, 6.07) is 0. The van der Waals surface area contributed by atoms with E-state index in [1.54, 1.807) is 6.92 Å². The van der Waals surface area contributed by atoms with Crippen molar-refractivity contribution in [1.82, 2.24) is 0 Å². The lowest BCUT2D eigenvalue weighted by atomic mass is 9.55. The molecule has 1 saturated carbocycles. The van der Waals surface area contributed by atoms with Crippen molar-refractivity contribution in [2.45, 2.75) is 97.6 Å². The smallest absolute Gasteiger partial charge is 0.312 e. The third-order valence-corrected chi connectivity index (χ3v) is 8.13. The average Bonchev–Trinajstić information content (AvgIpc) is 2.78. The van der Waals surface area contributed by atoms with E-state index >= 15 is 0 Å². The number of carbonyl (C=O) groups is 3. The molecule has 2 heterocycles. The topological polar surface area (TPSA) is 108 Å². The summed E-state index contributed by atoms with van der Waals surface area (Å²) >= 11 is 0. The molecule has 1 saturated heterocycles.